The van der Waals surface area contributed by atoms with E-state index in [2.05, 4.69) is 111 Å². The van der Waals surface area contributed by atoms with Gasteiger partial charge in [0.1, 0.15) is 6.61 Å². The Labute approximate surface area is 397 Å². The van der Waals surface area contributed by atoms with Crippen molar-refractivity contribution in [1.82, 2.24) is 0 Å². The van der Waals surface area contributed by atoms with Crippen LogP contribution < -0.4 is 5.73 Å². The number of carbonyl (C=O) groups is 2. The van der Waals surface area contributed by atoms with Gasteiger partial charge in [-0.3, -0.25) is 18.6 Å². The Hall–Kier alpha value is -3.33. The summed E-state index contributed by atoms with van der Waals surface area (Å²) in [6.07, 6.45) is 67.3. The van der Waals surface area contributed by atoms with Crippen LogP contribution in [0.5, 0.6) is 0 Å². The number of phosphoric ester groups is 1. The zero-order chi connectivity index (χ0) is 47.4. The third-order valence-corrected chi connectivity index (χ3v) is 11.2. The normalized spacial score (nSPS) is 14.1. The van der Waals surface area contributed by atoms with Gasteiger partial charge in [0, 0.05) is 19.4 Å². The highest BCUT2D eigenvalue weighted by molar-refractivity contribution is 7.47. The molecule has 0 heterocycles. The zero-order valence-corrected chi connectivity index (χ0v) is 41.8. The Kier molecular flexibility index (Phi) is 47.5. The summed E-state index contributed by atoms with van der Waals surface area (Å²) in [7, 11) is -4.40. The molecular formula is C55H92NO8P. The molecule has 0 aliphatic rings. The van der Waals surface area contributed by atoms with Gasteiger partial charge in [0.15, 0.2) is 6.10 Å². The second kappa shape index (κ2) is 50.1. The number of allylic oxidation sites excluding steroid dienone is 18. The van der Waals surface area contributed by atoms with Gasteiger partial charge in [0.25, 0.3) is 0 Å². The van der Waals surface area contributed by atoms with Crippen molar-refractivity contribution in [2.24, 2.45) is 5.73 Å². The van der Waals surface area contributed by atoms with Gasteiger partial charge in [-0.15, -0.1) is 0 Å². The topological polar surface area (TPSA) is 134 Å². The number of carbonyl (C=O) groups excluding carboxylic acids is 2. The fraction of sp³-hybridized carbons (Fsp3) is 0.636. The summed E-state index contributed by atoms with van der Waals surface area (Å²) in [5.41, 5.74) is 5.35. The van der Waals surface area contributed by atoms with E-state index in [1.807, 2.05) is 12.2 Å². The second-order valence-electron chi connectivity index (χ2n) is 16.3. The van der Waals surface area contributed by atoms with Crippen LogP contribution >= 0.6 is 7.82 Å². The van der Waals surface area contributed by atoms with Crippen LogP contribution in [-0.2, 0) is 32.7 Å². The van der Waals surface area contributed by atoms with Crippen molar-refractivity contribution in [3.63, 3.8) is 0 Å². The van der Waals surface area contributed by atoms with Gasteiger partial charge < -0.3 is 20.1 Å². The molecule has 9 nitrogen and oxygen atoms in total. The first kappa shape index (κ1) is 61.7. The molecule has 0 radical (unpaired) electrons. The quantitative estimate of drug-likeness (QED) is 0.0265. The largest absolute Gasteiger partial charge is 0.472 e. The van der Waals surface area contributed by atoms with Gasteiger partial charge in [0.05, 0.1) is 13.2 Å². The van der Waals surface area contributed by atoms with Crippen LogP contribution in [0.1, 0.15) is 194 Å². The highest BCUT2D eigenvalue weighted by atomic mass is 31.2. The summed E-state index contributed by atoms with van der Waals surface area (Å²) >= 11 is 0. The molecule has 3 N–H and O–H groups in total. The molecule has 65 heavy (non-hydrogen) atoms. The predicted molar refractivity (Wildman–Crippen MR) is 275 cm³/mol. The minimum absolute atomic E-state index is 0.0399. The number of esters is 2. The fourth-order valence-electron chi connectivity index (χ4n) is 6.50. The number of hydrogen-bond acceptors (Lipinski definition) is 8. The van der Waals surface area contributed by atoms with Gasteiger partial charge >= 0.3 is 19.8 Å². The summed E-state index contributed by atoms with van der Waals surface area (Å²) in [6, 6.07) is 0. The van der Waals surface area contributed by atoms with E-state index in [1.54, 1.807) is 0 Å². The maximum atomic E-state index is 12.6. The summed E-state index contributed by atoms with van der Waals surface area (Å²) in [6.45, 7) is 3.41. The molecule has 0 fully saturated rings. The minimum atomic E-state index is -4.40. The molecular weight excluding hydrogens is 834 g/mol. The molecule has 370 valence electrons. The van der Waals surface area contributed by atoms with Gasteiger partial charge in [-0.25, -0.2) is 4.57 Å². The van der Waals surface area contributed by atoms with E-state index in [9.17, 15) is 19.0 Å². The highest BCUT2D eigenvalue weighted by Gasteiger charge is 2.26. The Morgan fingerprint density at radius 3 is 1.25 bits per heavy atom. The van der Waals surface area contributed by atoms with Crippen molar-refractivity contribution in [2.45, 2.75) is 200 Å². The monoisotopic (exact) mass is 926 g/mol. The maximum absolute atomic E-state index is 12.6. The van der Waals surface area contributed by atoms with E-state index in [-0.39, 0.29) is 32.6 Å². The smallest absolute Gasteiger partial charge is 0.462 e. The van der Waals surface area contributed by atoms with E-state index in [0.29, 0.717) is 12.8 Å². The average molecular weight is 926 g/mol. The van der Waals surface area contributed by atoms with Crippen molar-refractivity contribution in [3.05, 3.63) is 109 Å². The van der Waals surface area contributed by atoms with Gasteiger partial charge in [-0.1, -0.05) is 207 Å². The van der Waals surface area contributed by atoms with Crippen LogP contribution in [-0.4, -0.2) is 49.3 Å². The summed E-state index contributed by atoms with van der Waals surface area (Å²) in [4.78, 5) is 34.9. The molecule has 0 aromatic carbocycles. The van der Waals surface area contributed by atoms with Crippen molar-refractivity contribution in [3.8, 4) is 0 Å². The van der Waals surface area contributed by atoms with Gasteiger partial charge in [0.2, 0.25) is 0 Å². The number of rotatable bonds is 46. The predicted octanol–water partition coefficient (Wildman–Crippen LogP) is 15.5. The van der Waals surface area contributed by atoms with Crippen molar-refractivity contribution >= 4 is 19.8 Å². The fourth-order valence-corrected chi connectivity index (χ4v) is 7.26. The molecule has 0 aliphatic carbocycles. The minimum Gasteiger partial charge on any atom is -0.462 e. The molecule has 2 atom stereocenters. The maximum Gasteiger partial charge on any atom is 0.472 e. The third kappa shape index (κ3) is 49.9. The molecule has 2 unspecified atom stereocenters. The molecule has 0 aromatic rings. The Morgan fingerprint density at radius 1 is 0.462 bits per heavy atom. The van der Waals surface area contributed by atoms with Crippen LogP contribution in [0, 0.1) is 0 Å². The van der Waals surface area contributed by atoms with Crippen LogP contribution in [0.3, 0.4) is 0 Å². The first-order valence-electron chi connectivity index (χ1n) is 25.4. The number of unbranched alkanes of at least 4 members (excludes halogenated alkanes) is 15. The molecule has 0 amide bonds. The lowest BCUT2D eigenvalue weighted by Crippen LogP contribution is -2.29. The summed E-state index contributed by atoms with van der Waals surface area (Å²) in [5, 5.41) is 0. The third-order valence-electron chi connectivity index (χ3n) is 10.2. The number of phosphoric acid groups is 1. The van der Waals surface area contributed by atoms with Gasteiger partial charge in [-0.05, 0) is 83.5 Å². The first-order chi connectivity index (χ1) is 31.8. The highest BCUT2D eigenvalue weighted by Crippen LogP contribution is 2.43. The van der Waals surface area contributed by atoms with Gasteiger partial charge in [-0.2, -0.15) is 0 Å². The van der Waals surface area contributed by atoms with Crippen molar-refractivity contribution in [2.75, 3.05) is 26.4 Å². The summed E-state index contributed by atoms with van der Waals surface area (Å²) < 4.78 is 32.8. The van der Waals surface area contributed by atoms with E-state index < -0.39 is 32.5 Å². The SMILES string of the molecule is CC/C=C\C/C=C\C/C=C\C/C=C\C/C=C\CCCCCCCCCCCCCCCCCC(=O)OC(COC(=O)CC/C=C\C/C=C\C/C=C\C/C=C\CC)COP(=O)(O)OCCN. The average Bonchev–Trinajstić information content (AvgIpc) is 3.30. The van der Waals surface area contributed by atoms with Crippen molar-refractivity contribution < 1.29 is 37.6 Å². The van der Waals surface area contributed by atoms with Crippen LogP contribution in [0.2, 0.25) is 0 Å². The number of ether oxygens (including phenoxy) is 2. The summed E-state index contributed by atoms with van der Waals surface area (Å²) in [5.74, 6) is -0.929. The molecule has 0 bridgehead atoms. The van der Waals surface area contributed by atoms with Crippen LogP contribution in [0.15, 0.2) is 109 Å². The molecule has 0 aliphatic heterocycles. The molecule has 0 rings (SSSR count). The molecule has 0 aromatic heterocycles. The molecule has 0 saturated carbocycles. The van der Waals surface area contributed by atoms with E-state index in [0.717, 1.165) is 77.0 Å². The van der Waals surface area contributed by atoms with Crippen molar-refractivity contribution in [1.29, 1.82) is 0 Å². The molecule has 0 spiro atoms. The first-order valence-corrected chi connectivity index (χ1v) is 26.9. The number of hydrogen-bond donors (Lipinski definition) is 2. The molecule has 10 heteroatoms. The van der Waals surface area contributed by atoms with Crippen LogP contribution in [0.4, 0.5) is 0 Å². The zero-order valence-electron chi connectivity index (χ0n) is 40.9. The standard InChI is InChI=1S/C55H92NO8P/c1-3-5-7-9-11-13-15-17-18-19-20-21-22-23-24-25-26-27-28-29-30-31-32-33-34-36-38-40-42-44-46-48-55(58)64-53(52-63-65(59,60)62-50-49-56)51-61-54(57)47-45-43-41-39-37-35-16-14-12-10-8-6-4-2/h5-8,11-14,17-18,20-21,23-24,35,37,41,43,53H,3-4,9-10,15-16,19,22,25-34,36,38-40,42,44-52,56H2,1-2H3,(H,59,60)/b7-5-,8-6-,13-11-,14-12-,18-17-,21-20-,24-23-,37-35-,43-41-. The second-order valence-corrected chi connectivity index (χ2v) is 17.7. The Balaban J connectivity index is 4.00. The van der Waals surface area contributed by atoms with E-state index in [4.69, 9.17) is 24.3 Å². The van der Waals surface area contributed by atoms with Crippen LogP contribution in [0.25, 0.3) is 0 Å². The molecule has 0 saturated heterocycles. The lowest BCUT2D eigenvalue weighted by atomic mass is 10.0. The van der Waals surface area contributed by atoms with E-state index in [1.165, 1.54) is 77.0 Å². The Bertz CT molecular complexity index is 1430. The Morgan fingerprint density at radius 2 is 0.831 bits per heavy atom. The number of nitrogens with two attached hydrogens (primary N) is 1. The lowest BCUT2D eigenvalue weighted by molar-refractivity contribution is -0.161. The lowest BCUT2D eigenvalue weighted by Gasteiger charge is -2.19. The van der Waals surface area contributed by atoms with E-state index >= 15 is 0 Å².